The van der Waals surface area contributed by atoms with E-state index >= 15 is 0 Å². The molecule has 1 aromatic rings. The van der Waals surface area contributed by atoms with Gasteiger partial charge in [-0.15, -0.1) is 0 Å². The van der Waals surface area contributed by atoms with Crippen molar-refractivity contribution in [1.82, 2.24) is 5.32 Å². The molecular weight excluding hydrogens is 254 g/mol. The zero-order valence-electron chi connectivity index (χ0n) is 10.5. The van der Waals surface area contributed by atoms with E-state index in [1.807, 2.05) is 13.8 Å². The van der Waals surface area contributed by atoms with E-state index in [4.69, 9.17) is 16.7 Å². The van der Waals surface area contributed by atoms with E-state index in [9.17, 15) is 9.90 Å². The molecule has 0 aliphatic rings. The molecule has 4 nitrogen and oxygen atoms in total. The highest BCUT2D eigenvalue weighted by atomic mass is 35.5. The van der Waals surface area contributed by atoms with Gasteiger partial charge in [-0.25, -0.2) is 0 Å². The number of aromatic hydroxyl groups is 1. The summed E-state index contributed by atoms with van der Waals surface area (Å²) in [6, 6.07) is 4.31. The van der Waals surface area contributed by atoms with Gasteiger partial charge < -0.3 is 15.5 Å². The van der Waals surface area contributed by atoms with Gasteiger partial charge in [-0.3, -0.25) is 4.79 Å². The number of amides is 1. The minimum atomic E-state index is -0.499. The van der Waals surface area contributed by atoms with E-state index in [0.717, 1.165) is 0 Å². The highest BCUT2D eigenvalue weighted by molar-refractivity contribution is 6.31. The van der Waals surface area contributed by atoms with Crippen molar-refractivity contribution < 1.29 is 15.0 Å². The van der Waals surface area contributed by atoms with Crippen LogP contribution < -0.4 is 5.32 Å². The third kappa shape index (κ3) is 3.62. The number of hydrogen-bond acceptors (Lipinski definition) is 3. The van der Waals surface area contributed by atoms with E-state index in [1.54, 1.807) is 0 Å². The van der Waals surface area contributed by atoms with Gasteiger partial charge in [0.1, 0.15) is 5.75 Å². The van der Waals surface area contributed by atoms with Crippen LogP contribution in [-0.2, 0) is 0 Å². The zero-order chi connectivity index (χ0) is 13.8. The van der Waals surface area contributed by atoms with Crippen molar-refractivity contribution in [2.24, 2.45) is 0 Å². The molecule has 0 saturated carbocycles. The first-order valence-corrected chi connectivity index (χ1v) is 6.21. The molecule has 0 aromatic heterocycles. The normalized spacial score (nSPS) is 14.0. The molecular formula is C13H18ClNO3. The Hall–Kier alpha value is -1.26. The van der Waals surface area contributed by atoms with Gasteiger partial charge in [0.25, 0.3) is 5.91 Å². The maximum atomic E-state index is 12.1. The molecule has 5 heteroatoms. The molecule has 100 valence electrons. The molecule has 1 atom stereocenters. The van der Waals surface area contributed by atoms with Gasteiger partial charge in [0, 0.05) is 17.2 Å². The maximum Gasteiger partial charge on any atom is 0.255 e. The number of aliphatic hydroxyl groups is 1. The predicted molar refractivity (Wildman–Crippen MR) is 71.0 cm³/mol. The number of benzene rings is 1. The van der Waals surface area contributed by atoms with E-state index in [0.29, 0.717) is 17.9 Å². The van der Waals surface area contributed by atoms with E-state index in [-0.39, 0.29) is 17.9 Å². The summed E-state index contributed by atoms with van der Waals surface area (Å²) < 4.78 is 0. The monoisotopic (exact) mass is 271 g/mol. The van der Waals surface area contributed by atoms with Crippen molar-refractivity contribution >= 4 is 17.5 Å². The molecule has 0 saturated heterocycles. The summed E-state index contributed by atoms with van der Waals surface area (Å²) in [5.74, 6) is -0.507. The lowest BCUT2D eigenvalue weighted by atomic mass is 9.94. The Morgan fingerprint density at radius 1 is 1.50 bits per heavy atom. The second kappa shape index (κ2) is 6.07. The summed E-state index contributed by atoms with van der Waals surface area (Å²) in [4.78, 5) is 12.1. The van der Waals surface area contributed by atoms with Crippen molar-refractivity contribution in [2.75, 3.05) is 6.61 Å². The smallest absolute Gasteiger partial charge is 0.255 e. The first-order chi connectivity index (χ1) is 8.41. The topological polar surface area (TPSA) is 69.6 Å². The minimum Gasteiger partial charge on any atom is -0.507 e. The quantitative estimate of drug-likeness (QED) is 0.770. The van der Waals surface area contributed by atoms with Gasteiger partial charge in [0.2, 0.25) is 0 Å². The van der Waals surface area contributed by atoms with Gasteiger partial charge in [-0.05, 0) is 38.0 Å². The largest absolute Gasteiger partial charge is 0.507 e. The molecule has 0 spiro atoms. The van der Waals surface area contributed by atoms with Crippen LogP contribution in [0.15, 0.2) is 18.2 Å². The average Bonchev–Trinajstić information content (AvgIpc) is 2.32. The number of nitrogens with one attached hydrogen (secondary N) is 1. The zero-order valence-corrected chi connectivity index (χ0v) is 11.3. The minimum absolute atomic E-state index is 0.00779. The second-order valence-electron chi connectivity index (χ2n) is 4.50. The molecule has 0 fully saturated rings. The van der Waals surface area contributed by atoms with Crippen LogP contribution in [0.4, 0.5) is 0 Å². The number of carbonyl (C=O) groups is 1. The van der Waals surface area contributed by atoms with E-state index in [1.165, 1.54) is 18.2 Å². The van der Waals surface area contributed by atoms with Gasteiger partial charge in [-0.1, -0.05) is 18.5 Å². The Bertz CT molecular complexity index is 436. The Labute approximate surface area is 112 Å². The lowest BCUT2D eigenvalue weighted by Gasteiger charge is -2.29. The molecule has 1 rings (SSSR count). The van der Waals surface area contributed by atoms with Crippen LogP contribution >= 0.6 is 11.6 Å². The molecule has 0 aliphatic heterocycles. The van der Waals surface area contributed by atoms with Crippen molar-refractivity contribution in [1.29, 1.82) is 0 Å². The van der Waals surface area contributed by atoms with Crippen LogP contribution in [0.2, 0.25) is 5.02 Å². The summed E-state index contributed by atoms with van der Waals surface area (Å²) in [6.45, 7) is 3.77. The standard InChI is InChI=1S/C13H18ClNO3/c1-3-13(2,6-7-16)15-12(18)10-8-9(14)4-5-11(10)17/h4-5,8,16-17H,3,6-7H2,1-2H3,(H,15,18). The van der Waals surface area contributed by atoms with Crippen LogP contribution in [0.3, 0.4) is 0 Å². The summed E-state index contributed by atoms with van der Waals surface area (Å²) in [7, 11) is 0. The van der Waals surface area contributed by atoms with Gasteiger partial charge >= 0.3 is 0 Å². The van der Waals surface area contributed by atoms with Crippen molar-refractivity contribution in [3.8, 4) is 5.75 Å². The fourth-order valence-electron chi connectivity index (χ4n) is 1.61. The Kier molecular flexibility index (Phi) is 4.99. The molecule has 0 aliphatic carbocycles. The van der Waals surface area contributed by atoms with Gasteiger partial charge in [-0.2, -0.15) is 0 Å². The number of halogens is 1. The van der Waals surface area contributed by atoms with Crippen LogP contribution in [0.5, 0.6) is 5.75 Å². The van der Waals surface area contributed by atoms with E-state index < -0.39 is 11.4 Å². The molecule has 1 amide bonds. The summed E-state index contributed by atoms with van der Waals surface area (Å²) in [6.07, 6.45) is 1.14. The van der Waals surface area contributed by atoms with Crippen molar-refractivity contribution in [2.45, 2.75) is 32.2 Å². The maximum absolute atomic E-state index is 12.1. The third-order valence-electron chi connectivity index (χ3n) is 3.06. The molecule has 0 bridgehead atoms. The lowest BCUT2D eigenvalue weighted by Crippen LogP contribution is -2.46. The van der Waals surface area contributed by atoms with Crippen LogP contribution in [0.1, 0.15) is 37.0 Å². The first kappa shape index (κ1) is 14.8. The molecule has 1 unspecified atom stereocenters. The van der Waals surface area contributed by atoms with Crippen molar-refractivity contribution in [3.63, 3.8) is 0 Å². The molecule has 1 aromatic carbocycles. The SMILES string of the molecule is CCC(C)(CCO)NC(=O)c1cc(Cl)ccc1O. The van der Waals surface area contributed by atoms with Crippen LogP contribution in [0, 0.1) is 0 Å². The first-order valence-electron chi connectivity index (χ1n) is 5.84. The Morgan fingerprint density at radius 3 is 2.72 bits per heavy atom. The number of aliphatic hydroxyl groups excluding tert-OH is 1. The fraction of sp³-hybridized carbons (Fsp3) is 0.462. The predicted octanol–water partition coefficient (Wildman–Crippen LogP) is 2.33. The Balaban J connectivity index is 2.90. The van der Waals surface area contributed by atoms with Crippen molar-refractivity contribution in [3.05, 3.63) is 28.8 Å². The summed E-state index contributed by atoms with van der Waals surface area (Å²) in [5.41, 5.74) is -0.360. The number of hydrogen-bond donors (Lipinski definition) is 3. The highest BCUT2D eigenvalue weighted by Gasteiger charge is 2.25. The van der Waals surface area contributed by atoms with Gasteiger partial charge in [0.15, 0.2) is 0 Å². The number of phenolic OH excluding ortho intramolecular Hbond substituents is 1. The van der Waals surface area contributed by atoms with Crippen LogP contribution in [0.25, 0.3) is 0 Å². The van der Waals surface area contributed by atoms with E-state index in [2.05, 4.69) is 5.32 Å². The van der Waals surface area contributed by atoms with Gasteiger partial charge in [0.05, 0.1) is 5.56 Å². The molecule has 0 radical (unpaired) electrons. The summed E-state index contributed by atoms with van der Waals surface area (Å²) >= 11 is 5.80. The highest BCUT2D eigenvalue weighted by Crippen LogP contribution is 2.23. The summed E-state index contributed by atoms with van der Waals surface area (Å²) in [5, 5.41) is 21.8. The number of rotatable bonds is 5. The molecule has 18 heavy (non-hydrogen) atoms. The number of carbonyl (C=O) groups excluding carboxylic acids is 1. The third-order valence-corrected chi connectivity index (χ3v) is 3.30. The number of phenols is 1. The molecule has 3 N–H and O–H groups in total. The van der Waals surface area contributed by atoms with Crippen LogP contribution in [-0.4, -0.2) is 28.3 Å². The lowest BCUT2D eigenvalue weighted by molar-refractivity contribution is 0.0883. The molecule has 0 heterocycles. The Morgan fingerprint density at radius 2 is 2.17 bits per heavy atom. The average molecular weight is 272 g/mol. The second-order valence-corrected chi connectivity index (χ2v) is 4.94. The fourth-order valence-corrected chi connectivity index (χ4v) is 1.78.